The average molecular weight is 192 g/mol. The van der Waals surface area contributed by atoms with Gasteiger partial charge < -0.3 is 16.2 Å². The molecule has 0 aromatic heterocycles. The maximum Gasteiger partial charge on any atom is 0.204 e. The molecule has 74 valence electrons. The molecule has 0 aliphatic heterocycles. The molecular weight excluding hydrogens is 180 g/mol. The molecule has 0 spiro atoms. The molecule has 0 fully saturated rings. The van der Waals surface area contributed by atoms with Crippen molar-refractivity contribution in [3.05, 3.63) is 23.8 Å². The number of methoxy groups -OCH3 is 1. The van der Waals surface area contributed by atoms with E-state index in [1.54, 1.807) is 25.3 Å². The lowest BCUT2D eigenvalue weighted by molar-refractivity contribution is -0.106. The van der Waals surface area contributed by atoms with Crippen molar-refractivity contribution in [2.75, 3.05) is 12.8 Å². The largest absolute Gasteiger partial charge is 0.495 e. The molecule has 0 atom stereocenters. The van der Waals surface area contributed by atoms with Crippen molar-refractivity contribution in [1.82, 2.24) is 0 Å². The minimum absolute atomic E-state index is 0.250. The number of benzene rings is 1. The Morgan fingerprint density at radius 3 is 2.57 bits per heavy atom. The number of hydrogen-bond donors (Lipinski definition) is 2. The first-order valence-electron chi connectivity index (χ1n) is 3.75. The van der Waals surface area contributed by atoms with E-state index in [1.165, 1.54) is 0 Å². The average Bonchev–Trinajstić information content (AvgIpc) is 2.19. The first kappa shape index (κ1) is 11.8. The van der Waals surface area contributed by atoms with Crippen LogP contribution in [0.1, 0.15) is 5.56 Å². The van der Waals surface area contributed by atoms with Gasteiger partial charge in [-0.25, -0.2) is 0 Å². The summed E-state index contributed by atoms with van der Waals surface area (Å²) >= 11 is 0. The molecular formula is C10H12N2O2. The third kappa shape index (κ3) is 3.50. The molecule has 1 aromatic carbocycles. The highest BCUT2D eigenvalue weighted by Gasteiger charge is 1.98. The Labute approximate surface area is 82.9 Å². The van der Waals surface area contributed by atoms with Gasteiger partial charge in [0.25, 0.3) is 0 Å². The number of amides is 1. The smallest absolute Gasteiger partial charge is 0.204 e. The molecule has 1 aromatic rings. The zero-order valence-electron chi connectivity index (χ0n) is 7.86. The van der Waals surface area contributed by atoms with Crippen LogP contribution in [0, 0.1) is 12.3 Å². The normalized spacial score (nSPS) is 7.71. The van der Waals surface area contributed by atoms with E-state index in [4.69, 9.17) is 21.7 Å². The number of ether oxygens (including phenoxy) is 1. The minimum Gasteiger partial charge on any atom is -0.495 e. The van der Waals surface area contributed by atoms with E-state index in [0.717, 1.165) is 5.56 Å². The molecule has 4 nitrogen and oxygen atoms in total. The van der Waals surface area contributed by atoms with Crippen LogP contribution in [0.15, 0.2) is 18.2 Å². The number of terminal acetylenes is 1. The third-order valence-corrected chi connectivity index (χ3v) is 1.38. The van der Waals surface area contributed by atoms with E-state index < -0.39 is 0 Å². The second kappa shape index (κ2) is 6.38. The molecule has 4 N–H and O–H groups in total. The number of nitrogens with two attached hydrogens (primary N) is 2. The Bertz CT molecular complexity index is 342. The van der Waals surface area contributed by atoms with Gasteiger partial charge >= 0.3 is 0 Å². The van der Waals surface area contributed by atoms with Crippen molar-refractivity contribution in [1.29, 1.82) is 0 Å². The van der Waals surface area contributed by atoms with Crippen LogP contribution in [0.2, 0.25) is 0 Å². The predicted octanol–water partition coefficient (Wildman–Crippen LogP) is 0.360. The quantitative estimate of drug-likeness (QED) is 0.383. The fourth-order valence-corrected chi connectivity index (χ4v) is 0.827. The van der Waals surface area contributed by atoms with Gasteiger partial charge in [-0.05, 0) is 12.1 Å². The second-order valence-electron chi connectivity index (χ2n) is 2.24. The monoisotopic (exact) mass is 192 g/mol. The molecule has 0 unspecified atom stereocenters. The van der Waals surface area contributed by atoms with Gasteiger partial charge in [-0.2, -0.15) is 0 Å². The van der Waals surface area contributed by atoms with Gasteiger partial charge in [0.1, 0.15) is 5.75 Å². The fraction of sp³-hybridized carbons (Fsp3) is 0.100. The lowest BCUT2D eigenvalue weighted by Crippen LogP contribution is -1.90. The first-order chi connectivity index (χ1) is 6.69. The number of nitrogen functional groups attached to an aromatic ring is 1. The Hall–Kier alpha value is -2.15. The summed E-state index contributed by atoms with van der Waals surface area (Å²) < 4.78 is 4.99. The standard InChI is InChI=1S/C9H9NO.CH3NO/c1-3-7-4-5-8(10)6-9(7)11-2;2-1-3/h1,4-6H,10H2,2H3;1H,(H2,2,3). The summed E-state index contributed by atoms with van der Waals surface area (Å²) in [5.74, 6) is 3.14. The number of primary amides is 1. The van der Waals surface area contributed by atoms with Gasteiger partial charge in [-0.1, -0.05) is 5.92 Å². The van der Waals surface area contributed by atoms with Crippen LogP contribution in [0.4, 0.5) is 5.69 Å². The zero-order chi connectivity index (χ0) is 11.0. The van der Waals surface area contributed by atoms with E-state index in [1.807, 2.05) is 0 Å². The zero-order valence-corrected chi connectivity index (χ0v) is 7.86. The molecule has 14 heavy (non-hydrogen) atoms. The number of carbonyl (C=O) groups excluding carboxylic acids is 1. The summed E-state index contributed by atoms with van der Waals surface area (Å²) in [5, 5.41) is 0. The summed E-state index contributed by atoms with van der Waals surface area (Å²) in [6.07, 6.45) is 5.46. The van der Waals surface area contributed by atoms with E-state index in [-0.39, 0.29) is 6.41 Å². The number of anilines is 1. The van der Waals surface area contributed by atoms with Crippen molar-refractivity contribution < 1.29 is 9.53 Å². The van der Waals surface area contributed by atoms with Crippen molar-refractivity contribution >= 4 is 12.1 Å². The highest BCUT2D eigenvalue weighted by atomic mass is 16.5. The minimum atomic E-state index is 0.250. The lowest BCUT2D eigenvalue weighted by Gasteiger charge is -2.02. The highest BCUT2D eigenvalue weighted by molar-refractivity contribution is 5.53. The maximum absolute atomic E-state index is 8.58. The molecule has 4 heteroatoms. The molecule has 0 saturated heterocycles. The topological polar surface area (TPSA) is 78.3 Å². The molecule has 0 bridgehead atoms. The van der Waals surface area contributed by atoms with Crippen LogP contribution < -0.4 is 16.2 Å². The van der Waals surface area contributed by atoms with Crippen LogP contribution in [0.3, 0.4) is 0 Å². The number of carbonyl (C=O) groups is 1. The van der Waals surface area contributed by atoms with Crippen LogP contribution in [-0.4, -0.2) is 13.5 Å². The van der Waals surface area contributed by atoms with Crippen LogP contribution >= 0.6 is 0 Å². The lowest BCUT2D eigenvalue weighted by atomic mass is 10.2. The summed E-state index contributed by atoms with van der Waals surface area (Å²) in [7, 11) is 1.57. The molecule has 0 radical (unpaired) electrons. The van der Waals surface area contributed by atoms with E-state index in [9.17, 15) is 0 Å². The fourth-order valence-electron chi connectivity index (χ4n) is 0.827. The molecule has 1 amide bonds. The van der Waals surface area contributed by atoms with Crippen molar-refractivity contribution in [2.45, 2.75) is 0 Å². The van der Waals surface area contributed by atoms with E-state index >= 15 is 0 Å². The van der Waals surface area contributed by atoms with Crippen LogP contribution in [0.25, 0.3) is 0 Å². The molecule has 1 rings (SSSR count). The molecule has 0 aliphatic carbocycles. The summed E-state index contributed by atoms with van der Waals surface area (Å²) in [4.78, 5) is 8.58. The Morgan fingerprint density at radius 1 is 1.57 bits per heavy atom. The first-order valence-corrected chi connectivity index (χ1v) is 3.75. The summed E-state index contributed by atoms with van der Waals surface area (Å²) in [6.45, 7) is 0. The third-order valence-electron chi connectivity index (χ3n) is 1.38. The van der Waals surface area contributed by atoms with Gasteiger partial charge in [0.05, 0.1) is 12.7 Å². The Kier molecular flexibility index (Phi) is 5.40. The van der Waals surface area contributed by atoms with Crippen molar-refractivity contribution in [3.63, 3.8) is 0 Å². The number of hydrogen-bond acceptors (Lipinski definition) is 3. The van der Waals surface area contributed by atoms with E-state index in [2.05, 4.69) is 11.7 Å². The SMILES string of the molecule is C#Cc1ccc(N)cc1OC.NC=O. The van der Waals surface area contributed by atoms with Crippen LogP contribution in [0.5, 0.6) is 5.75 Å². The van der Waals surface area contributed by atoms with Crippen molar-refractivity contribution in [3.8, 4) is 18.1 Å². The van der Waals surface area contributed by atoms with Gasteiger partial charge in [0, 0.05) is 11.8 Å². The highest BCUT2D eigenvalue weighted by Crippen LogP contribution is 2.19. The Balaban J connectivity index is 0.000000500. The molecule has 0 heterocycles. The van der Waals surface area contributed by atoms with Crippen LogP contribution in [-0.2, 0) is 4.79 Å². The second-order valence-corrected chi connectivity index (χ2v) is 2.24. The Morgan fingerprint density at radius 2 is 2.14 bits per heavy atom. The van der Waals surface area contributed by atoms with E-state index in [0.29, 0.717) is 11.4 Å². The predicted molar refractivity (Wildman–Crippen MR) is 55.6 cm³/mol. The van der Waals surface area contributed by atoms with Gasteiger partial charge in [-0.3, -0.25) is 4.79 Å². The van der Waals surface area contributed by atoms with Gasteiger partial charge in [-0.15, -0.1) is 6.42 Å². The van der Waals surface area contributed by atoms with Gasteiger partial charge in [0.15, 0.2) is 0 Å². The van der Waals surface area contributed by atoms with Crippen molar-refractivity contribution in [2.24, 2.45) is 5.73 Å². The number of rotatable bonds is 1. The summed E-state index contributed by atoms with van der Waals surface area (Å²) in [5.41, 5.74) is 11.1. The van der Waals surface area contributed by atoms with Gasteiger partial charge in [0.2, 0.25) is 6.41 Å². The molecule has 0 saturated carbocycles. The maximum atomic E-state index is 8.58. The summed E-state index contributed by atoms with van der Waals surface area (Å²) in [6, 6.07) is 5.21. The molecule has 0 aliphatic rings.